The second-order valence-electron chi connectivity index (χ2n) is 7.00. The Morgan fingerprint density at radius 2 is 1.93 bits per heavy atom. The number of hydrogen-bond donors (Lipinski definition) is 2. The Hall–Kier alpha value is -2.90. The Labute approximate surface area is 173 Å². The molecule has 29 heavy (non-hydrogen) atoms. The highest BCUT2D eigenvalue weighted by atomic mass is 32.1. The maximum Gasteiger partial charge on any atom is 0.265 e. The maximum atomic E-state index is 12.7. The number of likely N-dealkylation sites (tertiary alicyclic amines) is 1. The molecule has 0 aliphatic carbocycles. The van der Waals surface area contributed by atoms with Gasteiger partial charge in [0, 0.05) is 17.8 Å². The van der Waals surface area contributed by atoms with E-state index in [4.69, 9.17) is 4.42 Å². The molecule has 3 aromatic rings. The first-order valence-corrected chi connectivity index (χ1v) is 10.6. The van der Waals surface area contributed by atoms with Gasteiger partial charge >= 0.3 is 0 Å². The summed E-state index contributed by atoms with van der Waals surface area (Å²) < 4.78 is 5.60. The number of carbonyl (C=O) groups is 2. The van der Waals surface area contributed by atoms with Crippen molar-refractivity contribution in [2.24, 2.45) is 0 Å². The molecule has 2 amide bonds. The van der Waals surface area contributed by atoms with E-state index in [2.05, 4.69) is 15.5 Å². The van der Waals surface area contributed by atoms with E-state index in [9.17, 15) is 9.59 Å². The SMILES string of the molecule is O=C(NC[C@H](c1ccco1)N1CCCC1)c1cccc(NC(=O)c2cccs2)c1. The van der Waals surface area contributed by atoms with Crippen LogP contribution in [0.15, 0.2) is 64.6 Å². The minimum Gasteiger partial charge on any atom is -0.468 e. The van der Waals surface area contributed by atoms with Crippen LogP contribution in [0.4, 0.5) is 5.69 Å². The molecule has 2 N–H and O–H groups in total. The molecule has 1 aliphatic rings. The molecule has 0 bridgehead atoms. The molecular formula is C22H23N3O3S. The summed E-state index contributed by atoms with van der Waals surface area (Å²) in [7, 11) is 0. The van der Waals surface area contributed by atoms with Crippen LogP contribution in [-0.2, 0) is 0 Å². The van der Waals surface area contributed by atoms with Crippen molar-refractivity contribution in [3.05, 3.63) is 76.4 Å². The zero-order valence-electron chi connectivity index (χ0n) is 16.0. The summed E-state index contributed by atoms with van der Waals surface area (Å²) in [6, 6.07) is 14.4. The van der Waals surface area contributed by atoms with Crippen LogP contribution in [-0.4, -0.2) is 36.3 Å². The van der Waals surface area contributed by atoms with Crippen molar-refractivity contribution in [3.8, 4) is 0 Å². The quantitative estimate of drug-likeness (QED) is 0.614. The molecule has 0 spiro atoms. The third kappa shape index (κ3) is 4.75. The molecule has 150 valence electrons. The Morgan fingerprint density at radius 1 is 1.07 bits per heavy atom. The number of nitrogens with zero attached hydrogens (tertiary/aromatic N) is 1. The van der Waals surface area contributed by atoms with Gasteiger partial charge < -0.3 is 15.1 Å². The van der Waals surface area contributed by atoms with Gasteiger partial charge in [-0.1, -0.05) is 12.1 Å². The normalized spacial score (nSPS) is 15.2. The summed E-state index contributed by atoms with van der Waals surface area (Å²) in [6.07, 6.45) is 3.99. The van der Waals surface area contributed by atoms with E-state index in [0.717, 1.165) is 31.7 Å². The minimum absolute atomic E-state index is 0.0261. The lowest BCUT2D eigenvalue weighted by Crippen LogP contribution is -2.36. The van der Waals surface area contributed by atoms with Crippen molar-refractivity contribution in [1.29, 1.82) is 0 Å². The Bertz CT molecular complexity index is 948. The van der Waals surface area contributed by atoms with Crippen molar-refractivity contribution in [3.63, 3.8) is 0 Å². The number of nitrogens with one attached hydrogen (secondary N) is 2. The number of anilines is 1. The zero-order chi connectivity index (χ0) is 20.1. The molecule has 1 atom stereocenters. The number of benzene rings is 1. The van der Waals surface area contributed by atoms with Gasteiger partial charge in [-0.2, -0.15) is 0 Å². The van der Waals surface area contributed by atoms with Gasteiger partial charge in [0.1, 0.15) is 5.76 Å². The molecule has 6 nitrogen and oxygen atoms in total. The summed E-state index contributed by atoms with van der Waals surface area (Å²) in [5, 5.41) is 7.72. The minimum atomic E-state index is -0.176. The van der Waals surface area contributed by atoms with Crippen molar-refractivity contribution >= 4 is 28.8 Å². The van der Waals surface area contributed by atoms with Crippen LogP contribution in [0.3, 0.4) is 0 Å². The Balaban J connectivity index is 1.40. The van der Waals surface area contributed by atoms with Gasteiger partial charge in [-0.05, 0) is 67.7 Å². The number of furan rings is 1. The molecule has 1 saturated heterocycles. The predicted molar refractivity (Wildman–Crippen MR) is 113 cm³/mol. The molecule has 4 rings (SSSR count). The standard InChI is InChI=1S/C22H23N3O3S/c26-21(23-15-18(19-8-4-12-28-19)25-10-1-2-11-25)16-6-3-7-17(14-16)24-22(27)20-9-5-13-29-20/h3-9,12-14,18H,1-2,10-11,15H2,(H,23,26)(H,24,27)/t18-/m1/s1. The van der Waals surface area contributed by atoms with Gasteiger partial charge in [0.05, 0.1) is 17.2 Å². The van der Waals surface area contributed by atoms with Crippen LogP contribution in [0.25, 0.3) is 0 Å². The van der Waals surface area contributed by atoms with Gasteiger partial charge in [0.15, 0.2) is 0 Å². The topological polar surface area (TPSA) is 74.6 Å². The lowest BCUT2D eigenvalue weighted by Gasteiger charge is -2.26. The van der Waals surface area contributed by atoms with Crippen LogP contribution in [0.1, 0.15) is 44.7 Å². The van der Waals surface area contributed by atoms with Crippen LogP contribution < -0.4 is 10.6 Å². The van der Waals surface area contributed by atoms with Crippen molar-refractivity contribution in [2.75, 3.05) is 25.0 Å². The van der Waals surface area contributed by atoms with Crippen LogP contribution >= 0.6 is 11.3 Å². The van der Waals surface area contributed by atoms with E-state index in [1.807, 2.05) is 23.6 Å². The molecule has 0 saturated carbocycles. The molecule has 1 aliphatic heterocycles. The lowest BCUT2D eigenvalue weighted by atomic mass is 10.1. The average Bonchev–Trinajstić information content (AvgIpc) is 3.51. The highest BCUT2D eigenvalue weighted by Crippen LogP contribution is 2.25. The molecule has 7 heteroatoms. The fourth-order valence-corrected chi connectivity index (χ4v) is 4.19. The number of hydrogen-bond acceptors (Lipinski definition) is 5. The molecule has 1 aromatic carbocycles. The third-order valence-electron chi connectivity index (χ3n) is 5.04. The van der Waals surface area contributed by atoms with Gasteiger partial charge in [0.25, 0.3) is 11.8 Å². The fraction of sp³-hybridized carbons (Fsp3) is 0.273. The number of rotatable bonds is 7. The highest BCUT2D eigenvalue weighted by molar-refractivity contribution is 7.12. The van der Waals surface area contributed by atoms with Crippen molar-refractivity contribution in [2.45, 2.75) is 18.9 Å². The van der Waals surface area contributed by atoms with E-state index in [0.29, 0.717) is 22.7 Å². The first kappa shape index (κ1) is 19.4. The highest BCUT2D eigenvalue weighted by Gasteiger charge is 2.26. The zero-order valence-corrected chi connectivity index (χ0v) is 16.8. The first-order chi connectivity index (χ1) is 14.2. The first-order valence-electron chi connectivity index (χ1n) is 9.71. The molecule has 1 fully saturated rings. The van der Waals surface area contributed by atoms with E-state index in [1.165, 1.54) is 11.3 Å². The van der Waals surface area contributed by atoms with Gasteiger partial charge in [-0.3, -0.25) is 14.5 Å². The number of thiophene rings is 1. The second kappa shape index (κ2) is 9.07. The molecular weight excluding hydrogens is 386 g/mol. The summed E-state index contributed by atoms with van der Waals surface area (Å²) in [5.41, 5.74) is 1.10. The number of carbonyl (C=O) groups excluding carboxylic acids is 2. The Morgan fingerprint density at radius 3 is 2.66 bits per heavy atom. The van der Waals surface area contributed by atoms with Crippen LogP contribution in [0, 0.1) is 0 Å². The summed E-state index contributed by atoms with van der Waals surface area (Å²) in [6.45, 7) is 2.48. The maximum absolute atomic E-state index is 12.7. The van der Waals surface area contributed by atoms with Crippen LogP contribution in [0.2, 0.25) is 0 Å². The van der Waals surface area contributed by atoms with Gasteiger partial charge in [-0.15, -0.1) is 11.3 Å². The third-order valence-corrected chi connectivity index (χ3v) is 5.91. The molecule has 3 heterocycles. The largest absolute Gasteiger partial charge is 0.468 e. The number of amides is 2. The summed E-state index contributed by atoms with van der Waals surface area (Å²) in [4.78, 5) is 27.9. The summed E-state index contributed by atoms with van der Waals surface area (Å²) >= 11 is 1.38. The van der Waals surface area contributed by atoms with Gasteiger partial charge in [-0.25, -0.2) is 0 Å². The monoisotopic (exact) mass is 409 g/mol. The predicted octanol–water partition coefficient (Wildman–Crippen LogP) is 4.16. The smallest absolute Gasteiger partial charge is 0.265 e. The van der Waals surface area contributed by atoms with E-state index >= 15 is 0 Å². The van der Waals surface area contributed by atoms with E-state index in [-0.39, 0.29) is 17.9 Å². The molecule has 0 unspecified atom stereocenters. The van der Waals surface area contributed by atoms with Crippen molar-refractivity contribution in [1.82, 2.24) is 10.2 Å². The summed E-state index contributed by atoms with van der Waals surface area (Å²) in [5.74, 6) is 0.515. The lowest BCUT2D eigenvalue weighted by molar-refractivity contribution is 0.0932. The molecule has 0 radical (unpaired) electrons. The van der Waals surface area contributed by atoms with E-state index < -0.39 is 0 Å². The van der Waals surface area contributed by atoms with Crippen molar-refractivity contribution < 1.29 is 14.0 Å². The van der Waals surface area contributed by atoms with Gasteiger partial charge in [0.2, 0.25) is 0 Å². The second-order valence-corrected chi connectivity index (χ2v) is 7.94. The van der Waals surface area contributed by atoms with Crippen LogP contribution in [0.5, 0.6) is 0 Å². The van der Waals surface area contributed by atoms with E-state index in [1.54, 1.807) is 36.6 Å². The molecule has 2 aromatic heterocycles. The Kier molecular flexibility index (Phi) is 6.07. The average molecular weight is 410 g/mol. The fourth-order valence-electron chi connectivity index (χ4n) is 3.57.